The van der Waals surface area contributed by atoms with Gasteiger partial charge in [-0.3, -0.25) is 9.59 Å². The van der Waals surface area contributed by atoms with E-state index in [1.54, 1.807) is 0 Å². The number of quaternary nitrogens is 1. The van der Waals surface area contributed by atoms with Crippen molar-refractivity contribution in [2.75, 3.05) is 47.5 Å². The summed E-state index contributed by atoms with van der Waals surface area (Å²) in [5.41, 5.74) is 0. The third kappa shape index (κ3) is 51.9. The molecule has 402 valence electrons. The number of rotatable bonds is 55. The number of carbonyl (C=O) groups is 3. The van der Waals surface area contributed by atoms with Crippen molar-refractivity contribution < 1.29 is 42.9 Å². The Morgan fingerprint density at radius 3 is 1.10 bits per heavy atom. The third-order valence-electron chi connectivity index (χ3n) is 13.3. The predicted octanol–water partition coefficient (Wildman–Crippen LogP) is 17.0. The van der Waals surface area contributed by atoms with Gasteiger partial charge in [-0.2, -0.15) is 0 Å². The molecular formula is C59H114NO8+. The van der Waals surface area contributed by atoms with Gasteiger partial charge in [0.1, 0.15) is 13.2 Å². The monoisotopic (exact) mass is 965 g/mol. The Morgan fingerprint density at radius 1 is 0.426 bits per heavy atom. The molecule has 0 aliphatic rings. The minimum absolute atomic E-state index is 0.179. The van der Waals surface area contributed by atoms with E-state index in [0.29, 0.717) is 23.9 Å². The van der Waals surface area contributed by atoms with Crippen molar-refractivity contribution in [2.45, 2.75) is 302 Å². The van der Waals surface area contributed by atoms with Crippen LogP contribution in [0.5, 0.6) is 0 Å². The van der Waals surface area contributed by atoms with Gasteiger partial charge in [0.25, 0.3) is 6.29 Å². The first-order chi connectivity index (χ1) is 33.1. The van der Waals surface area contributed by atoms with E-state index in [2.05, 4.69) is 26.0 Å². The first kappa shape index (κ1) is 66.0. The summed E-state index contributed by atoms with van der Waals surface area (Å²) in [6, 6.07) is 0. The summed E-state index contributed by atoms with van der Waals surface area (Å²) in [6.07, 6.45) is 56.0. The number of allylic oxidation sites excluding steroid dienone is 2. The second-order valence-electron chi connectivity index (χ2n) is 21.3. The Hall–Kier alpha value is -1.97. The second-order valence-corrected chi connectivity index (χ2v) is 21.3. The zero-order valence-electron chi connectivity index (χ0n) is 45.8. The second kappa shape index (κ2) is 51.4. The van der Waals surface area contributed by atoms with Gasteiger partial charge in [-0.1, -0.05) is 251 Å². The average Bonchev–Trinajstić information content (AvgIpc) is 3.30. The van der Waals surface area contributed by atoms with Crippen LogP contribution in [0.25, 0.3) is 0 Å². The summed E-state index contributed by atoms with van der Waals surface area (Å²) >= 11 is 0. The number of hydrogen-bond donors (Lipinski definition) is 1. The Morgan fingerprint density at radius 2 is 0.750 bits per heavy atom. The van der Waals surface area contributed by atoms with Crippen molar-refractivity contribution in [3.05, 3.63) is 12.2 Å². The Balaban J connectivity index is 4.04. The van der Waals surface area contributed by atoms with Crippen LogP contribution in [0.2, 0.25) is 0 Å². The zero-order valence-corrected chi connectivity index (χ0v) is 45.8. The average molecular weight is 966 g/mol. The number of carboxylic acids is 1. The molecule has 0 rings (SSSR count). The van der Waals surface area contributed by atoms with E-state index in [0.717, 1.165) is 51.4 Å². The smallest absolute Gasteiger partial charge is 0.361 e. The van der Waals surface area contributed by atoms with E-state index in [1.165, 1.54) is 205 Å². The molecule has 0 spiro atoms. The maximum Gasteiger partial charge on any atom is 0.361 e. The molecule has 0 saturated heterocycles. The van der Waals surface area contributed by atoms with Crippen LogP contribution in [-0.2, 0) is 33.3 Å². The number of likely N-dealkylation sites (N-methyl/N-ethyl adjacent to an activating group) is 1. The molecule has 2 unspecified atom stereocenters. The summed E-state index contributed by atoms with van der Waals surface area (Å²) in [6.45, 7) is 4.90. The van der Waals surface area contributed by atoms with Crippen molar-refractivity contribution in [2.24, 2.45) is 0 Å². The first-order valence-corrected chi connectivity index (χ1v) is 29.4. The normalized spacial score (nSPS) is 12.8. The van der Waals surface area contributed by atoms with Gasteiger partial charge in [0.2, 0.25) is 0 Å². The molecule has 0 saturated carbocycles. The van der Waals surface area contributed by atoms with Crippen molar-refractivity contribution >= 4 is 17.9 Å². The molecule has 0 aliphatic carbocycles. The Kier molecular flexibility index (Phi) is 49.9. The lowest BCUT2D eigenvalue weighted by atomic mass is 10.0. The van der Waals surface area contributed by atoms with Crippen LogP contribution < -0.4 is 0 Å². The van der Waals surface area contributed by atoms with E-state index < -0.39 is 24.3 Å². The summed E-state index contributed by atoms with van der Waals surface area (Å²) in [4.78, 5) is 37.3. The van der Waals surface area contributed by atoms with Gasteiger partial charge >= 0.3 is 17.9 Å². The van der Waals surface area contributed by atoms with Gasteiger partial charge in [-0.05, 0) is 38.5 Å². The van der Waals surface area contributed by atoms with Crippen LogP contribution in [-0.4, -0.2) is 87.4 Å². The van der Waals surface area contributed by atoms with Crippen LogP contribution in [0.1, 0.15) is 290 Å². The number of nitrogens with zero attached hydrogens (tertiary/aromatic N) is 1. The number of unbranched alkanes of at least 4 members (excludes halogenated alkanes) is 38. The van der Waals surface area contributed by atoms with Crippen LogP contribution >= 0.6 is 0 Å². The summed E-state index contributed by atoms with van der Waals surface area (Å²) < 4.78 is 22.8. The fraction of sp³-hybridized carbons (Fsp3) is 0.915. The number of carboxylic acid groups (broad SMARTS) is 1. The summed E-state index contributed by atoms with van der Waals surface area (Å²) in [5.74, 6) is -2.00. The highest BCUT2D eigenvalue weighted by Gasteiger charge is 2.25. The molecule has 0 aromatic heterocycles. The fourth-order valence-electron chi connectivity index (χ4n) is 8.72. The highest BCUT2D eigenvalue weighted by atomic mass is 16.7. The van der Waals surface area contributed by atoms with E-state index in [9.17, 15) is 19.5 Å². The number of esters is 2. The largest absolute Gasteiger partial charge is 0.477 e. The maximum atomic E-state index is 12.8. The van der Waals surface area contributed by atoms with Crippen molar-refractivity contribution in [1.82, 2.24) is 0 Å². The van der Waals surface area contributed by atoms with Gasteiger partial charge in [0.05, 0.1) is 34.4 Å². The van der Waals surface area contributed by atoms with E-state index in [4.69, 9.17) is 18.9 Å². The lowest BCUT2D eigenvalue weighted by Gasteiger charge is -2.25. The van der Waals surface area contributed by atoms with E-state index in [1.807, 2.05) is 21.1 Å². The maximum absolute atomic E-state index is 12.8. The molecule has 2 atom stereocenters. The quantitative estimate of drug-likeness (QED) is 0.0211. The molecule has 9 nitrogen and oxygen atoms in total. The topological polar surface area (TPSA) is 108 Å². The van der Waals surface area contributed by atoms with Gasteiger partial charge in [0.15, 0.2) is 6.10 Å². The minimum atomic E-state index is -1.51. The fourth-order valence-corrected chi connectivity index (χ4v) is 8.72. The van der Waals surface area contributed by atoms with Crippen LogP contribution in [0.3, 0.4) is 0 Å². The highest BCUT2D eigenvalue weighted by Crippen LogP contribution is 2.18. The molecule has 0 bridgehead atoms. The number of carbonyl (C=O) groups excluding carboxylic acids is 2. The van der Waals surface area contributed by atoms with Crippen molar-refractivity contribution in [3.63, 3.8) is 0 Å². The molecular weight excluding hydrogens is 851 g/mol. The SMILES string of the molecule is CCCCCC/C=C\CCCCCCCC(=O)OC(COC(=O)CCCCCCCCCCCCCCCCCCCCCCCCCCCCCCCC)COC(OCC[N+](C)(C)C)C(=O)O. The first-order valence-electron chi connectivity index (χ1n) is 29.4. The number of ether oxygens (including phenoxy) is 4. The standard InChI is InChI=1S/C59H113NO8/c1-6-8-10-12-14-16-18-20-21-22-23-24-25-26-27-28-29-30-31-32-33-34-35-36-38-39-41-43-45-47-49-56(61)66-53-55(54-67-59(58(63)64)65-52-51-60(3,4)5)68-57(62)50-48-46-44-42-40-37-19-17-15-13-11-9-7-2/h17,19,55,59H,6-16,18,20-54H2,1-5H3/p+1/b19-17-. The zero-order chi connectivity index (χ0) is 49.9. The summed E-state index contributed by atoms with van der Waals surface area (Å²) in [5, 5.41) is 9.68. The Labute approximate surface area is 421 Å². The molecule has 0 aromatic carbocycles. The lowest BCUT2D eigenvalue weighted by Crippen LogP contribution is -2.40. The highest BCUT2D eigenvalue weighted by molar-refractivity contribution is 5.71. The lowest BCUT2D eigenvalue weighted by molar-refractivity contribution is -0.870. The molecule has 0 amide bonds. The van der Waals surface area contributed by atoms with E-state index >= 15 is 0 Å². The molecule has 9 heteroatoms. The number of aliphatic carboxylic acids is 1. The summed E-state index contributed by atoms with van der Waals surface area (Å²) in [7, 11) is 5.97. The van der Waals surface area contributed by atoms with Gasteiger partial charge in [-0.15, -0.1) is 0 Å². The van der Waals surface area contributed by atoms with Crippen LogP contribution in [0, 0.1) is 0 Å². The van der Waals surface area contributed by atoms with Gasteiger partial charge in [-0.25, -0.2) is 4.79 Å². The third-order valence-corrected chi connectivity index (χ3v) is 13.3. The van der Waals surface area contributed by atoms with E-state index in [-0.39, 0.29) is 32.2 Å². The Bertz CT molecular complexity index is 1120. The minimum Gasteiger partial charge on any atom is -0.477 e. The van der Waals surface area contributed by atoms with Gasteiger partial charge in [0, 0.05) is 12.8 Å². The molecule has 1 N–H and O–H groups in total. The van der Waals surface area contributed by atoms with Gasteiger partial charge < -0.3 is 28.5 Å². The molecule has 68 heavy (non-hydrogen) atoms. The molecule has 0 aromatic rings. The predicted molar refractivity (Wildman–Crippen MR) is 286 cm³/mol. The molecule has 0 heterocycles. The van der Waals surface area contributed by atoms with Crippen molar-refractivity contribution in [3.8, 4) is 0 Å². The van der Waals surface area contributed by atoms with Crippen LogP contribution in [0.15, 0.2) is 12.2 Å². The molecule has 0 aliphatic heterocycles. The number of hydrogen-bond acceptors (Lipinski definition) is 7. The molecule has 0 fully saturated rings. The molecule has 0 radical (unpaired) electrons. The van der Waals surface area contributed by atoms with Crippen molar-refractivity contribution in [1.29, 1.82) is 0 Å². The van der Waals surface area contributed by atoms with Crippen LogP contribution in [0.4, 0.5) is 0 Å².